The van der Waals surface area contributed by atoms with Crippen molar-refractivity contribution in [1.82, 2.24) is 4.57 Å². The van der Waals surface area contributed by atoms with E-state index in [1.54, 1.807) is 0 Å². The Morgan fingerprint density at radius 2 is 1.31 bits per heavy atom. The zero-order valence-electron chi connectivity index (χ0n) is 38.1. The molecular formula is C56H55N3OSi+2. The highest BCUT2D eigenvalue weighted by atomic mass is 28.3. The summed E-state index contributed by atoms with van der Waals surface area (Å²) in [7, 11) is -2.00. The molecule has 1 unspecified atom stereocenters. The first-order chi connectivity index (χ1) is 29.6. The van der Waals surface area contributed by atoms with Gasteiger partial charge in [0.25, 0.3) is 0 Å². The lowest BCUT2D eigenvalue weighted by Gasteiger charge is -2.25. The first kappa shape index (κ1) is 36.8. The summed E-state index contributed by atoms with van der Waals surface area (Å²) in [4.78, 5) is 0. The van der Waals surface area contributed by atoms with Gasteiger partial charge in [0.1, 0.15) is 16.9 Å². The van der Waals surface area contributed by atoms with Crippen molar-refractivity contribution >= 4 is 46.2 Å². The number of aryl methyl sites for hydroxylation is 1. The van der Waals surface area contributed by atoms with E-state index in [4.69, 9.17) is 4.42 Å². The van der Waals surface area contributed by atoms with Gasteiger partial charge in [0, 0.05) is 34.5 Å². The molecule has 6 aromatic carbocycles. The molecule has 11 rings (SSSR count). The van der Waals surface area contributed by atoms with Crippen LogP contribution in [0.2, 0.25) is 19.6 Å². The third-order valence-corrected chi connectivity index (χ3v) is 15.7. The maximum atomic E-state index is 9.51. The Morgan fingerprint density at radius 1 is 0.639 bits per heavy atom. The van der Waals surface area contributed by atoms with Crippen LogP contribution in [-0.2, 0) is 5.66 Å². The van der Waals surface area contributed by atoms with Gasteiger partial charge in [-0.25, -0.2) is 0 Å². The lowest BCUT2D eigenvalue weighted by atomic mass is 9.88. The number of hydrogen-bond acceptors (Lipinski definition) is 1. The van der Waals surface area contributed by atoms with Gasteiger partial charge in [-0.1, -0.05) is 140 Å². The minimum Gasteiger partial charge on any atom is -0.456 e. The predicted octanol–water partition coefficient (Wildman–Crippen LogP) is 13.3. The predicted molar refractivity (Wildman–Crippen MR) is 255 cm³/mol. The molecule has 2 aliphatic heterocycles. The van der Waals surface area contributed by atoms with Crippen LogP contribution < -0.4 is 14.3 Å². The smallest absolute Gasteiger partial charge is 0.364 e. The van der Waals surface area contributed by atoms with Gasteiger partial charge in [-0.15, -0.1) is 9.13 Å². The fraction of sp³-hybridized carbons (Fsp3) is 0.250. The molecule has 0 bridgehead atoms. The number of rotatable bonds is 6. The highest BCUT2D eigenvalue weighted by molar-refractivity contribution is 6.89. The number of pyridine rings is 1. The average Bonchev–Trinajstić information content (AvgIpc) is 3.94. The lowest BCUT2D eigenvalue weighted by Crippen LogP contribution is -2.72. The van der Waals surface area contributed by atoms with Crippen molar-refractivity contribution in [3.8, 4) is 39.5 Å². The maximum Gasteiger partial charge on any atom is 0.364 e. The molecule has 0 N–H and O–H groups in total. The number of aromatic nitrogens is 3. The van der Waals surface area contributed by atoms with Crippen LogP contribution in [-0.4, -0.2) is 12.6 Å². The van der Waals surface area contributed by atoms with Crippen LogP contribution in [0.15, 0.2) is 138 Å². The zero-order chi connectivity index (χ0) is 43.2. The van der Waals surface area contributed by atoms with Gasteiger partial charge < -0.3 is 4.42 Å². The molecule has 5 heteroatoms. The monoisotopic (exact) mass is 814 g/mol. The van der Waals surface area contributed by atoms with Crippen LogP contribution in [0.5, 0.6) is 0 Å². The van der Waals surface area contributed by atoms with E-state index in [0.717, 1.165) is 39.0 Å². The van der Waals surface area contributed by atoms with E-state index < -0.39 is 19.6 Å². The molecule has 0 radical (unpaired) electrons. The molecule has 3 aromatic heterocycles. The van der Waals surface area contributed by atoms with Crippen molar-refractivity contribution in [3.05, 3.63) is 167 Å². The second-order valence-electron chi connectivity index (χ2n) is 19.5. The van der Waals surface area contributed by atoms with E-state index >= 15 is 0 Å². The van der Waals surface area contributed by atoms with E-state index in [2.05, 4.69) is 202 Å². The van der Waals surface area contributed by atoms with E-state index in [-0.39, 0.29) is 0 Å². The molecule has 0 amide bonds. The minimum absolute atomic E-state index is 0.300. The average molecular weight is 815 g/mol. The zero-order valence-corrected chi connectivity index (χ0v) is 38.1. The summed E-state index contributed by atoms with van der Waals surface area (Å²) in [6, 6.07) is 47.6. The molecule has 2 aliphatic rings. The van der Waals surface area contributed by atoms with Crippen molar-refractivity contribution < 1.29 is 14.9 Å². The molecule has 0 fully saturated rings. The Balaban J connectivity index is 1.35. The first-order valence-corrected chi connectivity index (χ1v) is 25.6. The Labute approximate surface area is 362 Å². The molecule has 302 valence electrons. The second kappa shape index (κ2) is 13.2. The number of furan rings is 1. The fourth-order valence-corrected chi connectivity index (χ4v) is 12.4. The molecule has 0 aliphatic carbocycles. The largest absolute Gasteiger partial charge is 0.456 e. The normalized spacial score (nSPS) is 16.0. The summed E-state index contributed by atoms with van der Waals surface area (Å²) >= 11 is 0. The van der Waals surface area contributed by atoms with Gasteiger partial charge in [0.05, 0.1) is 30.3 Å². The van der Waals surface area contributed by atoms with Crippen LogP contribution in [0.1, 0.15) is 94.0 Å². The number of nitrogens with zero attached hydrogens (tertiary/aromatic N) is 3. The minimum atomic E-state index is -2.00. The molecule has 5 heterocycles. The summed E-state index contributed by atoms with van der Waals surface area (Å²) < 4.78 is 24.3. The summed E-state index contributed by atoms with van der Waals surface area (Å²) in [5.74, 6) is 0.990. The summed E-state index contributed by atoms with van der Waals surface area (Å²) in [5.41, 5.74) is 18.0. The number of imidazole rings is 1. The van der Waals surface area contributed by atoms with Crippen molar-refractivity contribution in [2.75, 3.05) is 0 Å². The molecule has 1 spiro atoms. The number of para-hydroxylation sites is 3. The van der Waals surface area contributed by atoms with Crippen LogP contribution in [0, 0.1) is 6.92 Å². The second-order valence-corrected chi connectivity index (χ2v) is 24.5. The van der Waals surface area contributed by atoms with Crippen molar-refractivity contribution in [2.24, 2.45) is 0 Å². The number of benzene rings is 6. The highest BCUT2D eigenvalue weighted by Gasteiger charge is 2.67. The van der Waals surface area contributed by atoms with Crippen LogP contribution >= 0.6 is 0 Å². The standard InChI is InChI=1S/C56H55N3OSi/c1-33(2)39-17-15-18-40(34(3)4)54(39)58-48-20-13-14-21-49(48)59-55(58)45-29-44-43-28-38(37-24-22-36(7)23-25-37)26-27-51(43)60-52(44)31-47(45)56(59)46-19-12-11-16-41(46)50-30-42(35(5)6)53(32-57(50)56)61(8,9)10/h11-35H,1-10H3/q+2/i35D. The highest BCUT2D eigenvalue weighted by Crippen LogP contribution is 2.52. The van der Waals surface area contributed by atoms with Crippen molar-refractivity contribution in [3.63, 3.8) is 0 Å². The van der Waals surface area contributed by atoms with Crippen LogP contribution in [0.4, 0.5) is 0 Å². The van der Waals surface area contributed by atoms with E-state index in [9.17, 15) is 1.37 Å². The Morgan fingerprint density at radius 3 is 2.02 bits per heavy atom. The molecule has 61 heavy (non-hydrogen) atoms. The van der Waals surface area contributed by atoms with Gasteiger partial charge >= 0.3 is 11.5 Å². The topological polar surface area (TPSA) is 25.8 Å². The van der Waals surface area contributed by atoms with Crippen LogP contribution in [0.3, 0.4) is 0 Å². The molecule has 9 aromatic rings. The Hall–Kier alpha value is -6.04. The van der Waals surface area contributed by atoms with Crippen molar-refractivity contribution in [1.29, 1.82) is 0 Å². The quantitative estimate of drug-likeness (QED) is 0.121. The van der Waals surface area contributed by atoms with Gasteiger partial charge in [0.15, 0.2) is 17.2 Å². The van der Waals surface area contributed by atoms with E-state index in [0.29, 0.717) is 11.8 Å². The summed E-state index contributed by atoms with van der Waals surface area (Å²) in [6.07, 6.45) is 2.46. The molecule has 4 nitrogen and oxygen atoms in total. The lowest BCUT2D eigenvalue weighted by molar-refractivity contribution is -0.944. The third-order valence-electron chi connectivity index (χ3n) is 13.7. The molecule has 0 saturated heterocycles. The summed E-state index contributed by atoms with van der Waals surface area (Å²) in [6.45, 7) is 22.8. The fourth-order valence-electron chi connectivity index (χ4n) is 10.8. The van der Waals surface area contributed by atoms with E-state index in [1.807, 2.05) is 13.8 Å². The van der Waals surface area contributed by atoms with E-state index in [1.165, 1.54) is 72.0 Å². The van der Waals surface area contributed by atoms with Gasteiger partial charge in [-0.3, -0.25) is 0 Å². The number of hydrogen-bond donors (Lipinski definition) is 0. The van der Waals surface area contributed by atoms with Crippen LogP contribution in [0.25, 0.3) is 72.4 Å². The number of fused-ring (bicyclic) bond motifs is 15. The third kappa shape index (κ3) is 5.23. The molecular weight excluding hydrogens is 759 g/mol. The van der Waals surface area contributed by atoms with Gasteiger partial charge in [-0.05, 0) is 89.9 Å². The molecule has 1 atom stereocenters. The first-order valence-electron chi connectivity index (χ1n) is 22.6. The maximum absolute atomic E-state index is 9.51. The SMILES string of the molecule is [2H]C(C)(C)c1cc2[n+](cc1[Si](C)(C)C)C1(c3ccccc3-2)c2cc3oc4ccc(-c5ccc(C)cc5)cc4c3cc2-c2n(-c3c(C(C)C)cccc3C(C)C)c3ccccc3[n+]21. The Kier molecular flexibility index (Phi) is 7.98. The molecule has 0 saturated carbocycles. The van der Waals surface area contributed by atoms with Gasteiger partial charge in [0.2, 0.25) is 5.69 Å². The van der Waals surface area contributed by atoms with Crippen molar-refractivity contribution in [2.45, 2.75) is 91.5 Å². The van der Waals surface area contributed by atoms with Gasteiger partial charge in [-0.2, -0.15) is 4.57 Å². The summed E-state index contributed by atoms with van der Waals surface area (Å²) in [5, 5.41) is 3.54. The Bertz CT molecular complexity index is 3310.